The number of likely N-dealkylation sites (N-methyl/N-ethyl adjacent to an activating group) is 1. The van der Waals surface area contributed by atoms with Crippen LogP contribution in [0, 0.1) is 0 Å². The van der Waals surface area contributed by atoms with Crippen molar-refractivity contribution in [2.45, 2.75) is 19.1 Å². The van der Waals surface area contributed by atoms with Gasteiger partial charge in [0.15, 0.2) is 0 Å². The lowest BCUT2D eigenvalue weighted by molar-refractivity contribution is -0.138. The average Bonchev–Trinajstić information content (AvgIpc) is 2.56. The van der Waals surface area contributed by atoms with Crippen molar-refractivity contribution in [3.63, 3.8) is 0 Å². The molecule has 0 spiro atoms. The zero-order chi connectivity index (χ0) is 14.7. The van der Waals surface area contributed by atoms with E-state index in [9.17, 15) is 4.79 Å². The standard InChI is InChI=1S/C14H20N4O2/c1-9-10-5-3-4-6-12(10)18(2)13(8-16-9)17-7-11(15)14(19)20/h3-6,11,13,17H,7-8,15H2,1-2H3,(H,19,20)/t11-,13?/m0/s1. The zero-order valence-electron chi connectivity index (χ0n) is 11.7. The highest BCUT2D eigenvalue weighted by Gasteiger charge is 2.22. The molecule has 108 valence electrons. The number of benzene rings is 1. The van der Waals surface area contributed by atoms with Gasteiger partial charge in [-0.2, -0.15) is 0 Å². The Bertz CT molecular complexity index is 530. The summed E-state index contributed by atoms with van der Waals surface area (Å²) >= 11 is 0. The van der Waals surface area contributed by atoms with Gasteiger partial charge in [0.05, 0.1) is 12.7 Å². The first-order valence-corrected chi connectivity index (χ1v) is 6.55. The summed E-state index contributed by atoms with van der Waals surface area (Å²) in [6.07, 6.45) is -0.0704. The smallest absolute Gasteiger partial charge is 0.321 e. The molecule has 2 rings (SSSR count). The summed E-state index contributed by atoms with van der Waals surface area (Å²) < 4.78 is 0. The van der Waals surface area contributed by atoms with Gasteiger partial charge in [0, 0.05) is 30.6 Å². The zero-order valence-corrected chi connectivity index (χ0v) is 11.7. The highest BCUT2D eigenvalue weighted by molar-refractivity contribution is 6.04. The summed E-state index contributed by atoms with van der Waals surface area (Å²) in [5.41, 5.74) is 8.68. The number of fused-ring (bicyclic) bond motifs is 1. The van der Waals surface area contributed by atoms with Gasteiger partial charge < -0.3 is 15.7 Å². The van der Waals surface area contributed by atoms with Crippen LogP contribution in [0.3, 0.4) is 0 Å². The summed E-state index contributed by atoms with van der Waals surface area (Å²) in [6, 6.07) is 7.13. The Morgan fingerprint density at radius 2 is 2.30 bits per heavy atom. The van der Waals surface area contributed by atoms with E-state index in [0.29, 0.717) is 6.54 Å². The van der Waals surface area contributed by atoms with Crippen molar-refractivity contribution in [3.8, 4) is 0 Å². The molecule has 4 N–H and O–H groups in total. The van der Waals surface area contributed by atoms with E-state index in [1.165, 1.54) is 0 Å². The highest BCUT2D eigenvalue weighted by Crippen LogP contribution is 2.23. The van der Waals surface area contributed by atoms with Crippen molar-refractivity contribution in [2.24, 2.45) is 10.7 Å². The predicted octanol–water partition coefficient (Wildman–Crippen LogP) is 0.273. The summed E-state index contributed by atoms with van der Waals surface area (Å²) in [6.45, 7) is 2.75. The Balaban J connectivity index is 2.16. The molecule has 0 fully saturated rings. The largest absolute Gasteiger partial charge is 0.480 e. The highest BCUT2D eigenvalue weighted by atomic mass is 16.4. The van der Waals surface area contributed by atoms with Gasteiger partial charge >= 0.3 is 5.97 Å². The van der Waals surface area contributed by atoms with Gasteiger partial charge in [-0.05, 0) is 13.0 Å². The second-order valence-electron chi connectivity index (χ2n) is 4.92. The normalized spacial score (nSPS) is 19.9. The third kappa shape index (κ3) is 2.97. The Hall–Kier alpha value is -1.92. The van der Waals surface area contributed by atoms with Crippen molar-refractivity contribution in [2.75, 3.05) is 25.0 Å². The van der Waals surface area contributed by atoms with Gasteiger partial charge in [0.2, 0.25) is 0 Å². The number of rotatable bonds is 4. The molecule has 6 heteroatoms. The van der Waals surface area contributed by atoms with Gasteiger partial charge in [0.1, 0.15) is 6.04 Å². The SMILES string of the molecule is CC1=NCC(NC[C@H](N)C(=O)O)N(C)c2ccccc21. The molecule has 0 aromatic heterocycles. The maximum Gasteiger partial charge on any atom is 0.321 e. The van der Waals surface area contributed by atoms with E-state index in [2.05, 4.69) is 15.2 Å². The molecule has 0 saturated carbocycles. The number of nitrogens with zero attached hydrogens (tertiary/aromatic N) is 2. The summed E-state index contributed by atoms with van der Waals surface area (Å²) in [4.78, 5) is 17.4. The number of carboxylic acids is 1. The second-order valence-corrected chi connectivity index (χ2v) is 4.92. The molecule has 1 heterocycles. The number of aliphatic carboxylic acids is 1. The lowest BCUT2D eigenvalue weighted by atomic mass is 10.1. The molecule has 1 aliphatic rings. The monoisotopic (exact) mass is 276 g/mol. The second kappa shape index (κ2) is 6.02. The van der Waals surface area contributed by atoms with Crippen molar-refractivity contribution in [1.29, 1.82) is 0 Å². The maximum atomic E-state index is 10.8. The van der Waals surface area contributed by atoms with Gasteiger partial charge in [-0.1, -0.05) is 18.2 Å². The molecule has 0 amide bonds. The molecular weight excluding hydrogens is 256 g/mol. The van der Waals surface area contributed by atoms with Crippen molar-refractivity contribution >= 4 is 17.4 Å². The van der Waals surface area contributed by atoms with Crippen LogP contribution < -0.4 is 16.0 Å². The van der Waals surface area contributed by atoms with Crippen molar-refractivity contribution in [3.05, 3.63) is 29.8 Å². The molecule has 1 unspecified atom stereocenters. The number of aliphatic imine (C=N–C) groups is 1. The number of hydrogen-bond acceptors (Lipinski definition) is 5. The average molecular weight is 276 g/mol. The fourth-order valence-corrected chi connectivity index (χ4v) is 2.24. The maximum absolute atomic E-state index is 10.8. The van der Waals surface area contributed by atoms with Gasteiger partial charge in [-0.25, -0.2) is 0 Å². The molecule has 1 aromatic carbocycles. The van der Waals surface area contributed by atoms with E-state index in [-0.39, 0.29) is 12.7 Å². The van der Waals surface area contributed by atoms with E-state index in [1.807, 2.05) is 38.2 Å². The number of anilines is 1. The molecule has 0 aliphatic carbocycles. The first-order valence-electron chi connectivity index (χ1n) is 6.55. The minimum Gasteiger partial charge on any atom is -0.480 e. The fraction of sp³-hybridized carbons (Fsp3) is 0.429. The number of nitrogens with one attached hydrogen (secondary N) is 1. The summed E-state index contributed by atoms with van der Waals surface area (Å²) in [7, 11) is 1.97. The van der Waals surface area contributed by atoms with Crippen LogP contribution in [0.5, 0.6) is 0 Å². The van der Waals surface area contributed by atoms with Crippen LogP contribution >= 0.6 is 0 Å². The number of nitrogens with two attached hydrogens (primary N) is 1. The predicted molar refractivity (Wildman–Crippen MR) is 79.3 cm³/mol. The van der Waals surface area contributed by atoms with E-state index < -0.39 is 12.0 Å². The number of carbonyl (C=O) groups is 1. The number of benzodiazepines with no additional fused rings is 1. The minimum atomic E-state index is -1.01. The van der Waals surface area contributed by atoms with Gasteiger partial charge in [0.25, 0.3) is 0 Å². The Labute approximate surface area is 118 Å². The van der Waals surface area contributed by atoms with Crippen LogP contribution in [0.2, 0.25) is 0 Å². The van der Waals surface area contributed by atoms with Crippen molar-refractivity contribution < 1.29 is 9.90 Å². The Kier molecular flexibility index (Phi) is 4.36. The summed E-state index contributed by atoms with van der Waals surface area (Å²) in [5.74, 6) is -1.01. The first-order chi connectivity index (χ1) is 9.50. The molecule has 1 aromatic rings. The van der Waals surface area contributed by atoms with E-state index in [0.717, 1.165) is 17.0 Å². The number of hydrogen-bond donors (Lipinski definition) is 3. The Morgan fingerprint density at radius 3 is 3.00 bits per heavy atom. The molecule has 20 heavy (non-hydrogen) atoms. The minimum absolute atomic E-state index is 0.0704. The molecule has 2 atom stereocenters. The van der Waals surface area contributed by atoms with Crippen LogP contribution in [-0.4, -0.2) is 49.1 Å². The molecule has 6 nitrogen and oxygen atoms in total. The number of carboxylic acid groups (broad SMARTS) is 1. The van der Waals surface area contributed by atoms with Crippen LogP contribution in [0.1, 0.15) is 12.5 Å². The van der Waals surface area contributed by atoms with Crippen LogP contribution in [-0.2, 0) is 4.79 Å². The van der Waals surface area contributed by atoms with Crippen LogP contribution in [0.15, 0.2) is 29.3 Å². The van der Waals surface area contributed by atoms with Crippen LogP contribution in [0.4, 0.5) is 5.69 Å². The third-order valence-corrected chi connectivity index (χ3v) is 3.53. The quantitative estimate of drug-likeness (QED) is 0.734. The van der Waals surface area contributed by atoms with E-state index >= 15 is 0 Å². The molecule has 0 radical (unpaired) electrons. The fourth-order valence-electron chi connectivity index (χ4n) is 2.24. The third-order valence-electron chi connectivity index (χ3n) is 3.53. The number of para-hydroxylation sites is 1. The molecule has 0 bridgehead atoms. The lowest BCUT2D eigenvalue weighted by Gasteiger charge is -2.29. The van der Waals surface area contributed by atoms with Gasteiger partial charge in [-0.3, -0.25) is 15.1 Å². The topological polar surface area (TPSA) is 90.9 Å². The molecule has 1 aliphatic heterocycles. The van der Waals surface area contributed by atoms with Crippen LogP contribution in [0.25, 0.3) is 0 Å². The molecule has 0 saturated heterocycles. The lowest BCUT2D eigenvalue weighted by Crippen LogP contribution is -2.51. The summed E-state index contributed by atoms with van der Waals surface area (Å²) in [5, 5.41) is 12.0. The van der Waals surface area contributed by atoms with E-state index in [4.69, 9.17) is 10.8 Å². The molecular formula is C14H20N4O2. The van der Waals surface area contributed by atoms with Gasteiger partial charge in [-0.15, -0.1) is 0 Å². The Morgan fingerprint density at radius 1 is 1.60 bits per heavy atom. The van der Waals surface area contributed by atoms with E-state index in [1.54, 1.807) is 0 Å². The first kappa shape index (κ1) is 14.5. The van der Waals surface area contributed by atoms with Crippen molar-refractivity contribution in [1.82, 2.24) is 5.32 Å².